The van der Waals surface area contributed by atoms with Gasteiger partial charge in [0.25, 0.3) is 0 Å². The molecule has 0 aliphatic heterocycles. The van der Waals surface area contributed by atoms with Crippen LogP contribution in [0.3, 0.4) is 0 Å². The summed E-state index contributed by atoms with van der Waals surface area (Å²) in [6, 6.07) is 16.0. The molecule has 11 heteroatoms. The van der Waals surface area contributed by atoms with Crippen LogP contribution < -0.4 is 8.85 Å². The van der Waals surface area contributed by atoms with Crippen molar-refractivity contribution in [2.45, 2.75) is 77.8 Å². The highest BCUT2D eigenvalue weighted by Gasteiger charge is 2.39. The molecule has 0 spiro atoms. The molecule has 3 aromatic heterocycles. The van der Waals surface area contributed by atoms with Gasteiger partial charge in [-0.25, -0.2) is 15.0 Å². The molecular formula is C31H39BrClN3O2S2Si2. The fourth-order valence-corrected chi connectivity index (χ4v) is 8.00. The molecule has 0 radical (unpaired) electrons. The van der Waals surface area contributed by atoms with Crippen LogP contribution in [0.4, 0.5) is 0 Å². The average molecular weight is 721 g/mol. The Hall–Kier alpha value is -1.83. The number of thiazole rings is 2. The van der Waals surface area contributed by atoms with Crippen molar-refractivity contribution in [3.8, 4) is 22.1 Å². The van der Waals surface area contributed by atoms with E-state index >= 15 is 0 Å². The second kappa shape index (κ2) is 12.3. The quantitative estimate of drug-likeness (QED) is 0.134. The Bertz CT molecular complexity index is 1690. The van der Waals surface area contributed by atoms with Gasteiger partial charge < -0.3 is 8.85 Å². The van der Waals surface area contributed by atoms with Crippen molar-refractivity contribution < 1.29 is 8.85 Å². The van der Waals surface area contributed by atoms with Gasteiger partial charge in [-0.1, -0.05) is 53.1 Å². The lowest BCUT2D eigenvalue weighted by atomic mass is 10.2. The molecule has 5 rings (SSSR count). The highest BCUT2D eigenvalue weighted by molar-refractivity contribution is 9.11. The predicted octanol–water partition coefficient (Wildman–Crippen LogP) is 11.8. The molecule has 0 fully saturated rings. The molecule has 5 nitrogen and oxygen atoms in total. The van der Waals surface area contributed by atoms with E-state index < -0.39 is 16.6 Å². The normalized spacial score (nSPS) is 12.8. The third kappa shape index (κ3) is 7.81. The lowest BCUT2D eigenvalue weighted by Crippen LogP contribution is -2.43. The molecule has 0 saturated heterocycles. The predicted molar refractivity (Wildman–Crippen MR) is 191 cm³/mol. The highest BCUT2D eigenvalue weighted by atomic mass is 79.9. The second-order valence-electron chi connectivity index (χ2n) is 13.3. The molecule has 0 atom stereocenters. The first-order valence-corrected chi connectivity index (χ1v) is 22.4. The summed E-state index contributed by atoms with van der Waals surface area (Å²) in [5, 5.41) is 1.83. The Balaban J connectivity index is 0.000000201. The molecule has 0 N–H and O–H groups in total. The minimum absolute atomic E-state index is 0.176. The van der Waals surface area contributed by atoms with E-state index in [1.807, 2.05) is 30.3 Å². The van der Waals surface area contributed by atoms with Crippen molar-refractivity contribution in [3.05, 3.63) is 63.8 Å². The molecule has 0 aliphatic rings. The maximum atomic E-state index is 6.39. The molecule has 0 saturated carbocycles. The maximum Gasteiger partial charge on any atom is 0.250 e. The lowest BCUT2D eigenvalue weighted by Gasteiger charge is -2.36. The maximum absolute atomic E-state index is 6.39. The number of aromatic nitrogens is 3. The largest absolute Gasteiger partial charge is 0.543 e. The lowest BCUT2D eigenvalue weighted by molar-refractivity contribution is 0.492. The van der Waals surface area contributed by atoms with Gasteiger partial charge in [-0.15, -0.1) is 22.7 Å². The van der Waals surface area contributed by atoms with Crippen molar-refractivity contribution in [2.24, 2.45) is 0 Å². The van der Waals surface area contributed by atoms with Crippen LogP contribution in [0.15, 0.2) is 58.6 Å². The van der Waals surface area contributed by atoms with E-state index in [9.17, 15) is 0 Å². The van der Waals surface area contributed by atoms with Crippen LogP contribution in [0.1, 0.15) is 41.5 Å². The molecule has 224 valence electrons. The zero-order chi connectivity index (χ0) is 31.1. The topological polar surface area (TPSA) is 57.1 Å². The first kappa shape index (κ1) is 33.1. The van der Waals surface area contributed by atoms with Gasteiger partial charge in [0.1, 0.15) is 21.7 Å². The van der Waals surface area contributed by atoms with Gasteiger partial charge in [0.05, 0.1) is 20.4 Å². The summed E-state index contributed by atoms with van der Waals surface area (Å²) in [6.07, 6.45) is 1.76. The molecule has 0 bridgehead atoms. The number of benzene rings is 2. The van der Waals surface area contributed by atoms with Crippen molar-refractivity contribution in [1.82, 2.24) is 15.0 Å². The van der Waals surface area contributed by atoms with E-state index in [0.717, 1.165) is 46.4 Å². The second-order valence-corrected chi connectivity index (χ2v) is 26.5. The number of pyridine rings is 1. The number of hydrogen-bond acceptors (Lipinski definition) is 7. The van der Waals surface area contributed by atoms with Gasteiger partial charge in [-0.3, -0.25) is 0 Å². The Labute approximate surface area is 273 Å². The van der Waals surface area contributed by atoms with E-state index in [0.29, 0.717) is 5.15 Å². The minimum Gasteiger partial charge on any atom is -0.543 e. The van der Waals surface area contributed by atoms with Gasteiger partial charge in [0.15, 0.2) is 3.92 Å². The summed E-state index contributed by atoms with van der Waals surface area (Å²) < 4.78 is 15.9. The summed E-state index contributed by atoms with van der Waals surface area (Å²) in [6.45, 7) is 22.5. The monoisotopic (exact) mass is 719 g/mol. The summed E-state index contributed by atoms with van der Waals surface area (Å²) in [5.74, 6) is 1.89. The highest BCUT2D eigenvalue weighted by Crippen LogP contribution is 2.40. The molecular weight excluding hydrogens is 682 g/mol. The third-order valence-electron chi connectivity index (χ3n) is 8.03. The van der Waals surface area contributed by atoms with Crippen molar-refractivity contribution in [3.63, 3.8) is 0 Å². The minimum atomic E-state index is -1.84. The summed E-state index contributed by atoms with van der Waals surface area (Å²) in [5.41, 5.74) is 2.98. The van der Waals surface area contributed by atoms with Crippen molar-refractivity contribution in [1.29, 1.82) is 0 Å². The van der Waals surface area contributed by atoms with Gasteiger partial charge in [-0.2, -0.15) is 0 Å². The molecule has 0 aliphatic carbocycles. The Morgan fingerprint density at radius 1 is 0.714 bits per heavy atom. The number of nitrogens with zero attached hydrogens (tertiary/aromatic N) is 3. The van der Waals surface area contributed by atoms with Crippen LogP contribution in [-0.4, -0.2) is 31.6 Å². The number of halogens is 2. The Morgan fingerprint density at radius 3 is 1.69 bits per heavy atom. The molecule has 5 aromatic rings. The summed E-state index contributed by atoms with van der Waals surface area (Å²) in [7, 11) is -3.59. The fourth-order valence-electron chi connectivity index (χ4n) is 3.43. The van der Waals surface area contributed by atoms with E-state index in [1.54, 1.807) is 34.9 Å². The zero-order valence-corrected chi connectivity index (χ0v) is 31.9. The van der Waals surface area contributed by atoms with Gasteiger partial charge in [-0.05, 0) is 101 Å². The van der Waals surface area contributed by atoms with Crippen LogP contribution in [0.5, 0.6) is 11.5 Å². The molecule has 0 unspecified atom stereocenters. The van der Waals surface area contributed by atoms with Gasteiger partial charge in [0.2, 0.25) is 16.6 Å². The average Bonchev–Trinajstić information content (AvgIpc) is 3.45. The standard InChI is InChI=1S/C18H21ClN2OSSi.C13H18BrNOSSi/c1-18(2,3)24(4,5)22-13-7-8-14-15(10-13)23-17(21-14)12-6-9-16(19)20-11-12;1-13(2,3)18(4,5)16-9-6-7-10-11(8-9)17-12(14)15-10/h6-11H,1-5H3;6-8H,1-5H3. The fraction of sp³-hybridized carbons (Fsp3) is 0.387. The van der Waals surface area contributed by atoms with Gasteiger partial charge >= 0.3 is 0 Å². The first-order valence-electron chi connectivity index (χ1n) is 13.8. The molecule has 42 heavy (non-hydrogen) atoms. The number of hydrogen-bond donors (Lipinski definition) is 0. The van der Waals surface area contributed by atoms with Crippen LogP contribution in [-0.2, 0) is 0 Å². The number of fused-ring (bicyclic) bond motifs is 2. The summed E-state index contributed by atoms with van der Waals surface area (Å²) >= 11 is 12.6. The SMILES string of the molecule is CC(C)(C)[Si](C)(C)Oc1ccc2nc(-c3ccc(Cl)nc3)sc2c1.CC(C)(C)[Si](C)(C)Oc1ccc2nc(Br)sc2c1. The van der Waals surface area contributed by atoms with E-state index in [4.69, 9.17) is 25.4 Å². The number of rotatable bonds is 5. The zero-order valence-electron chi connectivity index (χ0n) is 25.9. The van der Waals surface area contributed by atoms with Crippen LogP contribution in [0, 0.1) is 0 Å². The van der Waals surface area contributed by atoms with Crippen molar-refractivity contribution >= 4 is 87.3 Å². The Morgan fingerprint density at radius 2 is 1.21 bits per heavy atom. The van der Waals surface area contributed by atoms with E-state index in [1.165, 1.54) is 0 Å². The molecule has 3 heterocycles. The molecule has 0 amide bonds. The van der Waals surface area contributed by atoms with Crippen LogP contribution in [0.25, 0.3) is 31.0 Å². The van der Waals surface area contributed by atoms with E-state index in [-0.39, 0.29) is 10.1 Å². The van der Waals surface area contributed by atoms with E-state index in [2.05, 4.69) is 106 Å². The first-order chi connectivity index (χ1) is 19.3. The summed E-state index contributed by atoms with van der Waals surface area (Å²) in [4.78, 5) is 13.2. The Kier molecular flexibility index (Phi) is 9.67. The van der Waals surface area contributed by atoms with Gasteiger partial charge in [0, 0.05) is 11.8 Å². The molecule has 2 aromatic carbocycles. The van der Waals surface area contributed by atoms with Crippen LogP contribution >= 0.6 is 50.2 Å². The van der Waals surface area contributed by atoms with Crippen LogP contribution in [0.2, 0.25) is 41.4 Å². The third-order valence-corrected chi connectivity index (χ3v) is 19.5. The smallest absolute Gasteiger partial charge is 0.250 e. The van der Waals surface area contributed by atoms with Crippen molar-refractivity contribution in [2.75, 3.05) is 0 Å².